The van der Waals surface area contributed by atoms with E-state index in [1.54, 1.807) is 6.92 Å². The fraction of sp³-hybridized carbons (Fsp3) is 0.500. The van der Waals surface area contributed by atoms with Gasteiger partial charge in [-0.1, -0.05) is 31.7 Å². The second-order valence-corrected chi connectivity index (χ2v) is 7.86. The molecule has 2 fully saturated rings. The number of carbonyl (C=O) groups excluding carboxylic acids is 2. The molecular formula is C16H21NO5S. The van der Waals surface area contributed by atoms with Crippen LogP contribution in [0.25, 0.3) is 0 Å². The summed E-state index contributed by atoms with van der Waals surface area (Å²) >= 11 is 0. The first-order valence-electron chi connectivity index (χ1n) is 7.48. The van der Waals surface area contributed by atoms with Crippen molar-refractivity contribution in [1.29, 1.82) is 0 Å². The van der Waals surface area contributed by atoms with Crippen molar-refractivity contribution in [3.8, 4) is 0 Å². The molecule has 3 atom stereocenters. The summed E-state index contributed by atoms with van der Waals surface area (Å²) in [5.74, 6) is -1.79. The van der Waals surface area contributed by atoms with Gasteiger partial charge in [-0.3, -0.25) is 9.59 Å². The zero-order chi connectivity index (χ0) is 17.4. The minimum absolute atomic E-state index is 0.332. The van der Waals surface area contributed by atoms with Crippen molar-refractivity contribution in [1.82, 2.24) is 5.06 Å². The van der Waals surface area contributed by atoms with Gasteiger partial charge in [-0.05, 0) is 38.2 Å². The van der Waals surface area contributed by atoms with Crippen LogP contribution in [0.1, 0.15) is 33.1 Å². The van der Waals surface area contributed by atoms with Crippen molar-refractivity contribution < 1.29 is 22.3 Å². The molecule has 2 rings (SSSR count). The SMILES string of the molecule is C=C(C)/C=C\C(=C)S(=O)(=O)ON1C(=O)C2CCC(C)CC2C1=O. The highest BCUT2D eigenvalue weighted by Crippen LogP contribution is 2.41. The molecule has 0 aromatic carbocycles. The summed E-state index contributed by atoms with van der Waals surface area (Å²) in [5, 5.41) is 0.405. The lowest BCUT2D eigenvalue weighted by atomic mass is 9.76. The summed E-state index contributed by atoms with van der Waals surface area (Å²) < 4.78 is 29.0. The quantitative estimate of drug-likeness (QED) is 0.567. The fourth-order valence-corrected chi connectivity index (χ4v) is 3.57. The third-order valence-corrected chi connectivity index (χ3v) is 5.32. The number of fused-ring (bicyclic) bond motifs is 1. The molecule has 1 aliphatic carbocycles. The maximum atomic E-state index is 12.3. The summed E-state index contributed by atoms with van der Waals surface area (Å²) in [7, 11) is -4.30. The van der Waals surface area contributed by atoms with Crippen LogP contribution in [0.2, 0.25) is 0 Å². The molecule has 6 nitrogen and oxygen atoms in total. The van der Waals surface area contributed by atoms with Gasteiger partial charge in [-0.2, -0.15) is 8.42 Å². The third kappa shape index (κ3) is 3.61. The number of amides is 2. The van der Waals surface area contributed by atoms with E-state index in [4.69, 9.17) is 4.28 Å². The number of carbonyl (C=O) groups is 2. The van der Waals surface area contributed by atoms with Crippen molar-refractivity contribution in [3.63, 3.8) is 0 Å². The zero-order valence-corrected chi connectivity index (χ0v) is 14.1. The van der Waals surface area contributed by atoms with E-state index in [-0.39, 0.29) is 4.91 Å². The molecule has 7 heteroatoms. The third-order valence-electron chi connectivity index (χ3n) is 4.19. The smallest absolute Gasteiger partial charge is 0.272 e. The van der Waals surface area contributed by atoms with E-state index in [0.29, 0.717) is 29.4 Å². The molecule has 23 heavy (non-hydrogen) atoms. The van der Waals surface area contributed by atoms with Gasteiger partial charge in [0.05, 0.1) is 16.7 Å². The van der Waals surface area contributed by atoms with Crippen LogP contribution in [0.4, 0.5) is 0 Å². The molecule has 0 spiro atoms. The van der Waals surface area contributed by atoms with Gasteiger partial charge in [0.1, 0.15) is 0 Å². The number of allylic oxidation sites excluding steroid dienone is 3. The lowest BCUT2D eigenvalue weighted by molar-refractivity contribution is -0.165. The Bertz CT molecular complexity index is 691. The molecular weight excluding hydrogens is 318 g/mol. The normalized spacial score (nSPS) is 28.3. The van der Waals surface area contributed by atoms with Crippen LogP contribution in [0.15, 0.2) is 35.8 Å². The first-order valence-corrected chi connectivity index (χ1v) is 8.89. The number of rotatable bonds is 5. The molecule has 1 heterocycles. The van der Waals surface area contributed by atoms with Gasteiger partial charge in [-0.15, -0.1) is 9.35 Å². The largest absolute Gasteiger partial charge is 0.317 e. The Morgan fingerprint density at radius 3 is 2.39 bits per heavy atom. The van der Waals surface area contributed by atoms with Gasteiger partial charge in [0.15, 0.2) is 0 Å². The van der Waals surface area contributed by atoms with Crippen molar-refractivity contribution in [3.05, 3.63) is 35.8 Å². The molecule has 3 unspecified atom stereocenters. The highest BCUT2D eigenvalue weighted by Gasteiger charge is 2.51. The van der Waals surface area contributed by atoms with E-state index in [1.807, 2.05) is 6.92 Å². The monoisotopic (exact) mass is 339 g/mol. The molecule has 1 saturated heterocycles. The first-order chi connectivity index (χ1) is 10.6. The fourth-order valence-electron chi connectivity index (χ4n) is 2.90. The van der Waals surface area contributed by atoms with Crippen LogP contribution in [0.5, 0.6) is 0 Å². The van der Waals surface area contributed by atoms with Crippen molar-refractivity contribution in [2.24, 2.45) is 17.8 Å². The van der Waals surface area contributed by atoms with Crippen LogP contribution >= 0.6 is 0 Å². The number of nitrogens with zero attached hydrogens (tertiary/aromatic N) is 1. The van der Waals surface area contributed by atoms with Crippen molar-refractivity contribution in [2.45, 2.75) is 33.1 Å². The molecule has 0 N–H and O–H groups in total. The zero-order valence-electron chi connectivity index (χ0n) is 13.3. The lowest BCUT2D eigenvalue weighted by Crippen LogP contribution is -2.34. The Hall–Kier alpha value is -1.73. The number of imide groups is 1. The molecule has 2 aliphatic rings. The number of hydroxylamine groups is 2. The summed E-state index contributed by atoms with van der Waals surface area (Å²) in [4.78, 5) is 24.2. The molecule has 0 radical (unpaired) electrons. The minimum Gasteiger partial charge on any atom is -0.272 e. The van der Waals surface area contributed by atoms with Crippen molar-refractivity contribution >= 4 is 21.9 Å². The van der Waals surface area contributed by atoms with E-state index >= 15 is 0 Å². The second kappa shape index (κ2) is 6.41. The molecule has 0 aromatic heterocycles. The predicted octanol–water partition coefficient (Wildman–Crippen LogP) is 2.32. The summed E-state index contributed by atoms with van der Waals surface area (Å²) in [5.41, 5.74) is 0.634. The Labute approximate surface area is 136 Å². The summed E-state index contributed by atoms with van der Waals surface area (Å²) in [6.45, 7) is 10.7. The second-order valence-electron chi connectivity index (χ2n) is 6.28. The Balaban J connectivity index is 2.16. The van der Waals surface area contributed by atoms with E-state index in [1.165, 1.54) is 12.2 Å². The number of hydrogen-bond donors (Lipinski definition) is 0. The van der Waals surface area contributed by atoms with Crippen LogP contribution in [-0.4, -0.2) is 25.3 Å². The molecule has 1 aliphatic heterocycles. The van der Waals surface area contributed by atoms with Gasteiger partial charge in [-0.25, -0.2) is 0 Å². The van der Waals surface area contributed by atoms with E-state index in [0.717, 1.165) is 6.42 Å². The van der Waals surface area contributed by atoms with Crippen LogP contribution in [0, 0.1) is 17.8 Å². The maximum absolute atomic E-state index is 12.3. The standard InChI is InChI=1S/C16H21NO5S/c1-10(2)5-7-12(4)23(20,21)22-17-15(18)13-8-6-11(3)9-14(13)16(17)19/h5,7,11,13-14H,1,4,6,8-9H2,2-3H3/b7-5-. The van der Waals surface area contributed by atoms with Crippen LogP contribution in [-0.2, 0) is 24.0 Å². The molecule has 0 aromatic rings. The van der Waals surface area contributed by atoms with Gasteiger partial charge >= 0.3 is 10.1 Å². The molecule has 1 saturated carbocycles. The Kier molecular flexibility index (Phi) is 4.91. The van der Waals surface area contributed by atoms with E-state index in [2.05, 4.69) is 13.2 Å². The van der Waals surface area contributed by atoms with Crippen LogP contribution < -0.4 is 0 Å². The average Bonchev–Trinajstić information content (AvgIpc) is 2.69. The minimum atomic E-state index is -4.30. The first kappa shape index (κ1) is 17.6. The summed E-state index contributed by atoms with van der Waals surface area (Å²) in [6, 6.07) is 0. The highest BCUT2D eigenvalue weighted by atomic mass is 32.2. The molecule has 126 valence electrons. The molecule has 0 bridgehead atoms. The van der Waals surface area contributed by atoms with E-state index < -0.39 is 33.8 Å². The number of hydrogen-bond acceptors (Lipinski definition) is 5. The topological polar surface area (TPSA) is 80.8 Å². The lowest BCUT2D eigenvalue weighted by Gasteiger charge is -2.25. The van der Waals surface area contributed by atoms with E-state index in [9.17, 15) is 18.0 Å². The Morgan fingerprint density at radius 2 is 1.78 bits per heavy atom. The Morgan fingerprint density at radius 1 is 1.17 bits per heavy atom. The van der Waals surface area contributed by atoms with Crippen molar-refractivity contribution in [2.75, 3.05) is 0 Å². The highest BCUT2D eigenvalue weighted by molar-refractivity contribution is 7.90. The average molecular weight is 339 g/mol. The predicted molar refractivity (Wildman–Crippen MR) is 84.9 cm³/mol. The molecule has 2 amide bonds. The van der Waals surface area contributed by atoms with Gasteiger partial charge in [0.25, 0.3) is 11.8 Å². The maximum Gasteiger partial charge on any atom is 0.317 e. The van der Waals surface area contributed by atoms with Gasteiger partial charge < -0.3 is 0 Å². The van der Waals surface area contributed by atoms with Gasteiger partial charge in [0, 0.05) is 0 Å². The summed E-state index contributed by atoms with van der Waals surface area (Å²) in [6.07, 6.45) is 4.67. The van der Waals surface area contributed by atoms with Crippen LogP contribution in [0.3, 0.4) is 0 Å². The van der Waals surface area contributed by atoms with Gasteiger partial charge in [0.2, 0.25) is 0 Å².